The highest BCUT2D eigenvalue weighted by molar-refractivity contribution is 7.89. The fraction of sp³-hybridized carbons (Fsp3) is 0.471. The fourth-order valence-electron chi connectivity index (χ4n) is 2.85. The molecule has 0 amide bonds. The largest absolute Gasteiger partial charge is 0.468 e. The zero-order valence-electron chi connectivity index (χ0n) is 13.8. The Labute approximate surface area is 138 Å². The Morgan fingerprint density at radius 3 is 2.61 bits per heavy atom. The highest BCUT2D eigenvalue weighted by Crippen LogP contribution is 2.33. The molecule has 0 saturated carbocycles. The van der Waals surface area contributed by atoms with Crippen LogP contribution in [0.2, 0.25) is 0 Å². The number of ether oxygens (including phenoxy) is 1. The van der Waals surface area contributed by atoms with Crippen LogP contribution in [0.1, 0.15) is 32.3 Å². The first-order chi connectivity index (χ1) is 10.8. The molecule has 1 aromatic rings. The minimum absolute atomic E-state index is 0.163. The third-order valence-corrected chi connectivity index (χ3v) is 5.97. The third-order valence-electron chi connectivity index (χ3n) is 4.00. The van der Waals surface area contributed by atoms with Crippen LogP contribution in [0.3, 0.4) is 0 Å². The highest BCUT2D eigenvalue weighted by Gasteiger charge is 2.39. The number of benzene rings is 1. The first kappa shape index (κ1) is 17.7. The lowest BCUT2D eigenvalue weighted by molar-refractivity contribution is -0.145. The van der Waals surface area contributed by atoms with Crippen LogP contribution in [0.15, 0.2) is 35.7 Å². The van der Waals surface area contributed by atoms with E-state index in [0.29, 0.717) is 18.4 Å². The summed E-state index contributed by atoms with van der Waals surface area (Å²) in [6.45, 7) is 8.12. The van der Waals surface area contributed by atoms with E-state index in [9.17, 15) is 13.2 Å². The van der Waals surface area contributed by atoms with Crippen molar-refractivity contribution >= 4 is 21.6 Å². The van der Waals surface area contributed by atoms with E-state index in [4.69, 9.17) is 4.74 Å². The van der Waals surface area contributed by atoms with Gasteiger partial charge in [0, 0.05) is 6.54 Å². The molecule has 0 aromatic heterocycles. The molecule has 0 fully saturated rings. The Hall–Kier alpha value is -1.66. The smallest absolute Gasteiger partial charge is 0.324 e. The van der Waals surface area contributed by atoms with Crippen molar-refractivity contribution in [1.29, 1.82) is 0 Å². The van der Waals surface area contributed by atoms with Gasteiger partial charge < -0.3 is 4.74 Å². The lowest BCUT2D eigenvalue weighted by Crippen LogP contribution is -2.46. The quantitative estimate of drug-likeness (QED) is 0.793. The molecule has 1 aliphatic rings. The number of hydrogen-bond donors (Lipinski definition) is 0. The van der Waals surface area contributed by atoms with E-state index in [1.54, 1.807) is 24.3 Å². The van der Waals surface area contributed by atoms with Crippen molar-refractivity contribution in [3.05, 3.63) is 36.4 Å². The van der Waals surface area contributed by atoms with Gasteiger partial charge in [-0.3, -0.25) is 4.79 Å². The molecule has 5 nitrogen and oxygen atoms in total. The molecular formula is C17H23NO4S. The maximum absolute atomic E-state index is 13.1. The summed E-state index contributed by atoms with van der Waals surface area (Å²) in [6, 6.07) is 5.99. The van der Waals surface area contributed by atoms with Crippen molar-refractivity contribution in [2.75, 3.05) is 13.7 Å². The summed E-state index contributed by atoms with van der Waals surface area (Å²) in [5.74, 6) is -0.358. The van der Waals surface area contributed by atoms with Crippen molar-refractivity contribution in [2.45, 2.75) is 37.6 Å². The lowest BCUT2D eigenvalue weighted by Gasteiger charge is -2.29. The SMILES string of the molecule is C=C1CCN([C@@H](CC(C)C)C(=O)OC)S(=O)(=O)c2ccccc21. The molecule has 0 spiro atoms. The molecule has 23 heavy (non-hydrogen) atoms. The molecule has 126 valence electrons. The minimum atomic E-state index is -3.78. The second-order valence-electron chi connectivity index (χ2n) is 6.13. The van der Waals surface area contributed by atoms with E-state index in [-0.39, 0.29) is 17.4 Å². The van der Waals surface area contributed by atoms with Gasteiger partial charge in [-0.15, -0.1) is 0 Å². The fourth-order valence-corrected chi connectivity index (χ4v) is 4.68. The topological polar surface area (TPSA) is 63.7 Å². The predicted molar refractivity (Wildman–Crippen MR) is 89.2 cm³/mol. The van der Waals surface area contributed by atoms with E-state index in [0.717, 1.165) is 5.57 Å². The van der Waals surface area contributed by atoms with Gasteiger partial charge in [0.2, 0.25) is 10.0 Å². The van der Waals surface area contributed by atoms with Gasteiger partial charge >= 0.3 is 5.97 Å². The lowest BCUT2D eigenvalue weighted by atomic mass is 10.0. The van der Waals surface area contributed by atoms with Gasteiger partial charge in [0.25, 0.3) is 0 Å². The summed E-state index contributed by atoms with van der Waals surface area (Å²) in [6.07, 6.45) is 0.905. The summed E-state index contributed by atoms with van der Waals surface area (Å²) < 4.78 is 32.3. The third kappa shape index (κ3) is 3.48. The summed E-state index contributed by atoms with van der Waals surface area (Å²) in [5.41, 5.74) is 1.39. The number of methoxy groups -OCH3 is 1. The Bertz CT molecular complexity index is 709. The average Bonchev–Trinajstić information content (AvgIpc) is 2.61. The Balaban J connectivity index is 2.54. The average molecular weight is 337 g/mol. The molecule has 1 aliphatic heterocycles. The normalized spacial score (nSPS) is 19.0. The van der Waals surface area contributed by atoms with Crippen molar-refractivity contribution in [1.82, 2.24) is 4.31 Å². The number of esters is 1. The Morgan fingerprint density at radius 1 is 1.35 bits per heavy atom. The van der Waals surface area contributed by atoms with Gasteiger partial charge in [0.1, 0.15) is 6.04 Å². The molecule has 2 rings (SSSR count). The van der Waals surface area contributed by atoms with Crippen LogP contribution >= 0.6 is 0 Å². The van der Waals surface area contributed by atoms with Crippen LogP contribution in [0.25, 0.3) is 5.57 Å². The van der Waals surface area contributed by atoms with Gasteiger partial charge in [-0.05, 0) is 36.0 Å². The number of fused-ring (bicyclic) bond motifs is 1. The van der Waals surface area contributed by atoms with Crippen molar-refractivity contribution in [3.63, 3.8) is 0 Å². The van der Waals surface area contributed by atoms with Gasteiger partial charge in [0.05, 0.1) is 12.0 Å². The summed E-state index contributed by atoms with van der Waals surface area (Å²) >= 11 is 0. The predicted octanol–water partition coefficient (Wildman–Crippen LogP) is 2.68. The number of hydrogen-bond acceptors (Lipinski definition) is 4. The summed E-state index contributed by atoms with van der Waals surface area (Å²) in [7, 11) is -2.50. The number of carbonyl (C=O) groups excluding carboxylic acids is 1. The van der Waals surface area contributed by atoms with E-state index in [1.807, 2.05) is 13.8 Å². The van der Waals surface area contributed by atoms with Crippen LogP contribution in [0.4, 0.5) is 0 Å². The molecule has 0 bridgehead atoms. The van der Waals surface area contributed by atoms with E-state index >= 15 is 0 Å². The van der Waals surface area contributed by atoms with Crippen molar-refractivity contribution in [2.24, 2.45) is 5.92 Å². The van der Waals surface area contributed by atoms with Crippen molar-refractivity contribution in [3.8, 4) is 0 Å². The summed E-state index contributed by atoms with van der Waals surface area (Å²) in [4.78, 5) is 12.4. The van der Waals surface area contributed by atoms with Gasteiger partial charge in [-0.25, -0.2) is 8.42 Å². The number of nitrogens with zero attached hydrogens (tertiary/aromatic N) is 1. The monoisotopic (exact) mass is 337 g/mol. The summed E-state index contributed by atoms with van der Waals surface area (Å²) in [5, 5.41) is 0. The van der Waals surface area contributed by atoms with Crippen LogP contribution in [0, 0.1) is 5.92 Å². The van der Waals surface area contributed by atoms with Crippen LogP contribution in [-0.4, -0.2) is 38.4 Å². The molecule has 1 atom stereocenters. The highest BCUT2D eigenvalue weighted by atomic mass is 32.2. The zero-order valence-corrected chi connectivity index (χ0v) is 14.6. The minimum Gasteiger partial charge on any atom is -0.468 e. The van der Waals surface area contributed by atoms with Crippen LogP contribution in [-0.2, 0) is 19.6 Å². The number of sulfonamides is 1. The molecule has 1 aromatic carbocycles. The maximum Gasteiger partial charge on any atom is 0.324 e. The maximum atomic E-state index is 13.1. The van der Waals surface area contributed by atoms with Crippen LogP contribution < -0.4 is 0 Å². The van der Waals surface area contributed by atoms with Gasteiger partial charge in [-0.1, -0.05) is 38.6 Å². The number of carbonyl (C=O) groups is 1. The molecule has 0 radical (unpaired) electrons. The second kappa shape index (κ2) is 6.84. The molecule has 6 heteroatoms. The molecular weight excluding hydrogens is 314 g/mol. The Kier molecular flexibility index (Phi) is 5.26. The van der Waals surface area contributed by atoms with E-state index < -0.39 is 22.0 Å². The number of rotatable bonds is 4. The van der Waals surface area contributed by atoms with Gasteiger partial charge in [0.15, 0.2) is 0 Å². The van der Waals surface area contributed by atoms with E-state index in [1.165, 1.54) is 11.4 Å². The molecule has 0 aliphatic carbocycles. The standard InChI is InChI=1S/C17H23NO4S/c1-12(2)11-15(17(19)22-4)18-10-9-13(3)14-7-5-6-8-16(14)23(18,20)21/h5-8,12,15H,3,9-11H2,1-2,4H3/t15-/m0/s1. The molecule has 0 unspecified atom stereocenters. The first-order valence-electron chi connectivity index (χ1n) is 7.66. The molecule has 0 saturated heterocycles. The second-order valence-corrected chi connectivity index (χ2v) is 7.99. The Morgan fingerprint density at radius 2 is 2.00 bits per heavy atom. The zero-order chi connectivity index (χ0) is 17.2. The first-order valence-corrected chi connectivity index (χ1v) is 9.10. The van der Waals surface area contributed by atoms with Gasteiger partial charge in [-0.2, -0.15) is 4.31 Å². The van der Waals surface area contributed by atoms with Crippen molar-refractivity contribution < 1.29 is 17.9 Å². The molecule has 1 heterocycles. The molecule has 0 N–H and O–H groups in total. The van der Waals surface area contributed by atoms with Crippen LogP contribution in [0.5, 0.6) is 0 Å². The van der Waals surface area contributed by atoms with E-state index in [2.05, 4.69) is 6.58 Å².